The Labute approximate surface area is 182 Å². The predicted molar refractivity (Wildman–Crippen MR) is 124 cm³/mol. The lowest BCUT2D eigenvalue weighted by molar-refractivity contribution is 0.0953. The van der Waals surface area contributed by atoms with Gasteiger partial charge in [0.25, 0.3) is 5.91 Å². The quantitative estimate of drug-likeness (QED) is 0.361. The molecule has 0 aliphatic rings. The summed E-state index contributed by atoms with van der Waals surface area (Å²) in [5.74, 6) is 0.340. The third-order valence-electron chi connectivity index (χ3n) is 4.81. The van der Waals surface area contributed by atoms with Crippen LogP contribution in [0.2, 0.25) is 0 Å². The van der Waals surface area contributed by atoms with Crippen LogP contribution >= 0.6 is 12.2 Å². The molecule has 31 heavy (non-hydrogen) atoms. The van der Waals surface area contributed by atoms with Crippen molar-refractivity contribution in [1.29, 1.82) is 0 Å². The summed E-state index contributed by atoms with van der Waals surface area (Å²) < 4.78 is 11.4. The fourth-order valence-electron chi connectivity index (χ4n) is 3.28. The van der Waals surface area contributed by atoms with Gasteiger partial charge in [0.05, 0.1) is 0 Å². The van der Waals surface area contributed by atoms with Gasteiger partial charge in [-0.05, 0) is 73.2 Å². The van der Waals surface area contributed by atoms with E-state index < -0.39 is 5.91 Å². The molecule has 5 aromatic rings. The number of anilines is 1. The largest absolute Gasteiger partial charge is 0.451 e. The molecular weight excluding hydrogens is 410 g/mol. The minimum atomic E-state index is -0.410. The molecule has 2 heterocycles. The van der Waals surface area contributed by atoms with Gasteiger partial charge in [0.15, 0.2) is 16.5 Å². The first kappa shape index (κ1) is 19.0. The molecule has 6 nitrogen and oxygen atoms in total. The maximum absolute atomic E-state index is 12.4. The first-order valence-corrected chi connectivity index (χ1v) is 10.0. The van der Waals surface area contributed by atoms with Crippen molar-refractivity contribution >= 4 is 51.0 Å². The second-order valence-corrected chi connectivity index (χ2v) is 7.53. The normalized spacial score (nSPS) is 11.0. The molecule has 0 atom stereocenters. The van der Waals surface area contributed by atoms with Crippen LogP contribution in [0.15, 0.2) is 81.6 Å². The highest BCUT2D eigenvalue weighted by molar-refractivity contribution is 7.80. The second kappa shape index (κ2) is 7.70. The van der Waals surface area contributed by atoms with E-state index in [0.29, 0.717) is 11.5 Å². The zero-order valence-corrected chi connectivity index (χ0v) is 17.3. The highest BCUT2D eigenvalue weighted by Gasteiger charge is 2.14. The Hall–Kier alpha value is -3.97. The molecule has 0 saturated carbocycles. The number of aryl methyl sites for hydroxylation is 1. The van der Waals surface area contributed by atoms with E-state index in [-0.39, 0.29) is 10.9 Å². The van der Waals surface area contributed by atoms with Crippen LogP contribution in [0.25, 0.3) is 33.5 Å². The van der Waals surface area contributed by atoms with Crippen LogP contribution in [0.1, 0.15) is 16.1 Å². The molecule has 1 amide bonds. The Bertz CT molecular complexity index is 1400. The van der Waals surface area contributed by atoms with Crippen molar-refractivity contribution in [3.8, 4) is 11.5 Å². The van der Waals surface area contributed by atoms with E-state index in [9.17, 15) is 4.79 Å². The average Bonchev–Trinajstić information content (AvgIpc) is 3.38. The first-order chi connectivity index (χ1) is 15.0. The van der Waals surface area contributed by atoms with E-state index in [0.717, 1.165) is 33.3 Å². The van der Waals surface area contributed by atoms with Gasteiger partial charge < -0.3 is 14.2 Å². The predicted octanol–water partition coefficient (Wildman–Crippen LogP) is 5.68. The summed E-state index contributed by atoms with van der Waals surface area (Å²) >= 11 is 5.26. The number of oxazole rings is 1. The Kier molecular flexibility index (Phi) is 4.72. The van der Waals surface area contributed by atoms with Crippen molar-refractivity contribution in [1.82, 2.24) is 10.3 Å². The fourth-order valence-corrected chi connectivity index (χ4v) is 3.49. The zero-order valence-electron chi connectivity index (χ0n) is 16.5. The number of carbonyl (C=O) groups excluding carboxylic acids is 1. The number of rotatable bonds is 3. The number of nitrogens with zero attached hydrogens (tertiary/aromatic N) is 1. The summed E-state index contributed by atoms with van der Waals surface area (Å²) in [7, 11) is 0. The van der Waals surface area contributed by atoms with Gasteiger partial charge >= 0.3 is 0 Å². The number of fused-ring (bicyclic) bond motifs is 2. The molecule has 0 saturated heterocycles. The molecule has 2 aromatic heterocycles. The van der Waals surface area contributed by atoms with Crippen molar-refractivity contribution in [2.24, 2.45) is 0 Å². The van der Waals surface area contributed by atoms with Gasteiger partial charge in [0, 0.05) is 16.6 Å². The zero-order chi connectivity index (χ0) is 21.4. The smallest absolute Gasteiger partial charge is 0.293 e. The monoisotopic (exact) mass is 427 g/mol. The van der Waals surface area contributed by atoms with E-state index in [1.807, 2.05) is 73.7 Å². The molecular formula is C24H17N3O3S. The lowest BCUT2D eigenvalue weighted by Crippen LogP contribution is -2.33. The molecule has 0 radical (unpaired) electrons. The molecule has 0 spiro atoms. The molecule has 0 aliphatic carbocycles. The third-order valence-corrected chi connectivity index (χ3v) is 5.01. The van der Waals surface area contributed by atoms with Crippen molar-refractivity contribution in [2.75, 3.05) is 5.32 Å². The van der Waals surface area contributed by atoms with Gasteiger partial charge in [0.2, 0.25) is 5.89 Å². The number of amides is 1. The number of aromatic nitrogens is 1. The van der Waals surface area contributed by atoms with Crippen molar-refractivity contribution < 1.29 is 13.6 Å². The van der Waals surface area contributed by atoms with Gasteiger partial charge in [0.1, 0.15) is 11.1 Å². The van der Waals surface area contributed by atoms with Crippen molar-refractivity contribution in [3.05, 3.63) is 84.1 Å². The number of nitrogens with one attached hydrogen (secondary N) is 2. The van der Waals surface area contributed by atoms with Crippen LogP contribution in [-0.2, 0) is 0 Å². The number of hydrogen-bond donors (Lipinski definition) is 2. The molecule has 0 fully saturated rings. The Morgan fingerprint density at radius 2 is 1.74 bits per heavy atom. The van der Waals surface area contributed by atoms with Crippen LogP contribution < -0.4 is 10.6 Å². The highest BCUT2D eigenvalue weighted by Crippen LogP contribution is 2.26. The molecule has 152 valence electrons. The third kappa shape index (κ3) is 3.91. The minimum Gasteiger partial charge on any atom is -0.451 e. The first-order valence-electron chi connectivity index (χ1n) is 9.64. The molecule has 0 aliphatic heterocycles. The highest BCUT2D eigenvalue weighted by atomic mass is 32.1. The maximum Gasteiger partial charge on any atom is 0.293 e. The molecule has 0 bridgehead atoms. The van der Waals surface area contributed by atoms with Crippen LogP contribution in [0.4, 0.5) is 5.69 Å². The van der Waals surface area contributed by atoms with Gasteiger partial charge in [-0.3, -0.25) is 10.1 Å². The molecule has 5 rings (SSSR count). The number of thiocarbonyl (C=S) groups is 1. The van der Waals surface area contributed by atoms with Gasteiger partial charge in [-0.15, -0.1) is 0 Å². The van der Waals surface area contributed by atoms with Gasteiger partial charge in [-0.2, -0.15) is 0 Å². The lowest BCUT2D eigenvalue weighted by Gasteiger charge is -2.08. The van der Waals surface area contributed by atoms with Gasteiger partial charge in [-0.25, -0.2) is 4.98 Å². The molecule has 2 N–H and O–H groups in total. The van der Waals surface area contributed by atoms with E-state index in [4.69, 9.17) is 21.1 Å². The van der Waals surface area contributed by atoms with Crippen LogP contribution in [0.5, 0.6) is 0 Å². The summed E-state index contributed by atoms with van der Waals surface area (Å²) in [6.45, 7) is 2.02. The Morgan fingerprint density at radius 3 is 2.55 bits per heavy atom. The summed E-state index contributed by atoms with van der Waals surface area (Å²) in [6, 6.07) is 22.4. The number of carbonyl (C=O) groups is 1. The lowest BCUT2D eigenvalue weighted by atomic mass is 10.2. The summed E-state index contributed by atoms with van der Waals surface area (Å²) in [6.07, 6.45) is 0. The van der Waals surface area contributed by atoms with Crippen LogP contribution in [0.3, 0.4) is 0 Å². The van der Waals surface area contributed by atoms with E-state index >= 15 is 0 Å². The van der Waals surface area contributed by atoms with Crippen molar-refractivity contribution in [2.45, 2.75) is 6.92 Å². The topological polar surface area (TPSA) is 80.3 Å². The number of para-hydroxylation sites is 1. The van der Waals surface area contributed by atoms with E-state index in [1.54, 1.807) is 6.07 Å². The van der Waals surface area contributed by atoms with E-state index in [1.165, 1.54) is 0 Å². The molecule has 7 heteroatoms. The standard InChI is InChI=1S/C24H17N3O3S/c1-14-6-11-20-18(12-14)26-23(30-20)15-7-9-17(10-8-15)25-24(31)27-22(28)21-13-16-4-2-3-5-19(16)29-21/h2-13H,1H3,(H2,25,27,28,31). The number of furan rings is 1. The summed E-state index contributed by atoms with van der Waals surface area (Å²) in [5.41, 5.74) is 4.92. The summed E-state index contributed by atoms with van der Waals surface area (Å²) in [4.78, 5) is 17.0. The fraction of sp³-hybridized carbons (Fsp3) is 0.0417. The average molecular weight is 427 g/mol. The summed E-state index contributed by atoms with van der Waals surface area (Å²) in [5, 5.41) is 6.66. The maximum atomic E-state index is 12.4. The van der Waals surface area contributed by atoms with Crippen molar-refractivity contribution in [3.63, 3.8) is 0 Å². The number of benzene rings is 3. The second-order valence-electron chi connectivity index (χ2n) is 7.12. The number of hydrogen-bond acceptors (Lipinski definition) is 5. The Balaban J connectivity index is 1.26. The van der Waals surface area contributed by atoms with Gasteiger partial charge in [-0.1, -0.05) is 24.3 Å². The Morgan fingerprint density at radius 1 is 0.935 bits per heavy atom. The van der Waals surface area contributed by atoms with E-state index in [2.05, 4.69) is 15.6 Å². The SMILES string of the molecule is Cc1ccc2oc(-c3ccc(NC(=S)NC(=O)c4cc5ccccc5o4)cc3)nc2c1. The molecule has 0 unspecified atom stereocenters. The molecule has 3 aromatic carbocycles. The van der Waals surface area contributed by atoms with Crippen LogP contribution in [0, 0.1) is 6.92 Å². The minimum absolute atomic E-state index is 0.176. The van der Waals surface area contributed by atoms with Crippen LogP contribution in [-0.4, -0.2) is 16.0 Å².